The molecule has 1 aromatic carbocycles. The summed E-state index contributed by atoms with van der Waals surface area (Å²) in [6.45, 7) is 0.642. The highest BCUT2D eigenvalue weighted by Crippen LogP contribution is 2.22. The highest BCUT2D eigenvalue weighted by Gasteiger charge is 2.14. The lowest BCUT2D eigenvalue weighted by atomic mass is 9.95. The molecule has 0 bridgehead atoms. The molecular weight excluding hydrogens is 332 g/mol. The minimum absolute atomic E-state index is 0. The van der Waals surface area contributed by atoms with Gasteiger partial charge in [0.05, 0.1) is 7.11 Å². The van der Waals surface area contributed by atoms with Gasteiger partial charge in [-0.1, -0.05) is 19.3 Å². The summed E-state index contributed by atoms with van der Waals surface area (Å²) in [6.07, 6.45) is 6.57. The molecule has 24 heavy (non-hydrogen) atoms. The molecule has 0 unspecified atom stereocenters. The molecule has 0 heterocycles. The van der Waals surface area contributed by atoms with Crippen molar-refractivity contribution in [2.75, 3.05) is 19.0 Å². The molecule has 0 spiro atoms. The van der Waals surface area contributed by atoms with Crippen LogP contribution >= 0.6 is 12.4 Å². The highest BCUT2D eigenvalue weighted by molar-refractivity contribution is 5.95. The van der Waals surface area contributed by atoms with Crippen LogP contribution in [0.15, 0.2) is 18.2 Å². The number of hydrogen-bond donors (Lipinski definition) is 3. The van der Waals surface area contributed by atoms with Gasteiger partial charge in [-0.2, -0.15) is 0 Å². The lowest BCUT2D eigenvalue weighted by Crippen LogP contribution is -2.33. The van der Waals surface area contributed by atoms with Crippen LogP contribution in [-0.2, 0) is 9.53 Å². The van der Waals surface area contributed by atoms with Crippen molar-refractivity contribution in [2.45, 2.75) is 44.6 Å². The van der Waals surface area contributed by atoms with Crippen molar-refractivity contribution >= 4 is 30.0 Å². The third-order valence-electron chi connectivity index (χ3n) is 4.08. The molecule has 1 aromatic rings. The SMILES string of the molecule is COC(=O)c1ccc(NC(=O)CCNC2CCCCC2)cc1O.Cl. The monoisotopic (exact) mass is 356 g/mol. The minimum atomic E-state index is -0.614. The third kappa shape index (κ3) is 6.02. The maximum Gasteiger partial charge on any atom is 0.341 e. The van der Waals surface area contributed by atoms with Crippen LogP contribution in [0, 0.1) is 0 Å². The van der Waals surface area contributed by atoms with Gasteiger partial charge in [-0.3, -0.25) is 4.79 Å². The van der Waals surface area contributed by atoms with E-state index in [0.717, 1.165) is 0 Å². The maximum atomic E-state index is 11.9. The van der Waals surface area contributed by atoms with Gasteiger partial charge in [-0.25, -0.2) is 4.79 Å². The van der Waals surface area contributed by atoms with E-state index in [1.807, 2.05) is 0 Å². The molecule has 0 aliphatic heterocycles. The Balaban J connectivity index is 0.00000288. The Labute approximate surface area is 148 Å². The van der Waals surface area contributed by atoms with Gasteiger partial charge in [0.25, 0.3) is 0 Å². The Kier molecular flexibility index (Phi) is 8.57. The van der Waals surface area contributed by atoms with E-state index in [2.05, 4.69) is 15.4 Å². The van der Waals surface area contributed by atoms with Crippen molar-refractivity contribution in [2.24, 2.45) is 0 Å². The Bertz CT molecular complexity index is 560. The van der Waals surface area contributed by atoms with E-state index in [9.17, 15) is 14.7 Å². The number of nitrogens with one attached hydrogen (secondary N) is 2. The number of ether oxygens (including phenoxy) is 1. The van der Waals surface area contributed by atoms with Crippen molar-refractivity contribution in [3.63, 3.8) is 0 Å². The summed E-state index contributed by atoms with van der Waals surface area (Å²) in [7, 11) is 1.25. The molecule has 1 amide bonds. The first kappa shape index (κ1) is 20.3. The van der Waals surface area contributed by atoms with Gasteiger partial charge in [-0.15, -0.1) is 12.4 Å². The molecule has 1 saturated carbocycles. The molecule has 6 nitrogen and oxygen atoms in total. The second-order valence-corrected chi connectivity index (χ2v) is 5.81. The zero-order chi connectivity index (χ0) is 16.7. The number of aromatic hydroxyl groups is 1. The van der Waals surface area contributed by atoms with E-state index >= 15 is 0 Å². The number of hydrogen-bond acceptors (Lipinski definition) is 5. The number of carbonyl (C=O) groups excluding carboxylic acids is 2. The number of amides is 1. The summed E-state index contributed by atoms with van der Waals surface area (Å²) in [6, 6.07) is 4.87. The van der Waals surface area contributed by atoms with Crippen molar-refractivity contribution < 1.29 is 19.4 Å². The number of methoxy groups -OCH3 is 1. The number of anilines is 1. The molecule has 1 aliphatic rings. The largest absolute Gasteiger partial charge is 0.507 e. The number of phenols is 1. The fourth-order valence-electron chi connectivity index (χ4n) is 2.81. The number of benzene rings is 1. The van der Waals surface area contributed by atoms with E-state index < -0.39 is 5.97 Å². The number of carbonyl (C=O) groups is 2. The number of phenolic OH excluding ortho intramolecular Hbond substituents is 1. The van der Waals surface area contributed by atoms with Gasteiger partial charge in [-0.05, 0) is 25.0 Å². The van der Waals surface area contributed by atoms with Crippen LogP contribution in [-0.4, -0.2) is 36.7 Å². The van der Waals surface area contributed by atoms with Gasteiger partial charge in [0.2, 0.25) is 5.91 Å². The van der Waals surface area contributed by atoms with Gasteiger partial charge >= 0.3 is 5.97 Å². The predicted molar refractivity (Wildman–Crippen MR) is 94.8 cm³/mol. The van der Waals surface area contributed by atoms with Gasteiger partial charge < -0.3 is 20.5 Å². The Morgan fingerprint density at radius 3 is 2.58 bits per heavy atom. The van der Waals surface area contributed by atoms with Crippen LogP contribution in [0.1, 0.15) is 48.9 Å². The van der Waals surface area contributed by atoms with Crippen LogP contribution in [0.25, 0.3) is 0 Å². The molecule has 0 saturated heterocycles. The molecule has 0 atom stereocenters. The van der Waals surface area contributed by atoms with Gasteiger partial charge in [0, 0.05) is 30.8 Å². The van der Waals surface area contributed by atoms with E-state index in [4.69, 9.17) is 0 Å². The molecule has 0 radical (unpaired) electrons. The smallest absolute Gasteiger partial charge is 0.341 e. The van der Waals surface area contributed by atoms with Crippen LogP contribution < -0.4 is 10.6 Å². The maximum absolute atomic E-state index is 11.9. The normalized spacial score (nSPS) is 14.5. The van der Waals surface area contributed by atoms with E-state index in [1.54, 1.807) is 6.07 Å². The Morgan fingerprint density at radius 1 is 1.25 bits per heavy atom. The average Bonchev–Trinajstić information content (AvgIpc) is 2.55. The zero-order valence-electron chi connectivity index (χ0n) is 13.8. The first-order valence-electron chi connectivity index (χ1n) is 8.04. The summed E-state index contributed by atoms with van der Waals surface area (Å²) in [5.41, 5.74) is 0.530. The Hall–Kier alpha value is -1.79. The van der Waals surface area contributed by atoms with Crippen LogP contribution in [0.5, 0.6) is 5.75 Å². The Morgan fingerprint density at radius 2 is 1.96 bits per heavy atom. The molecular formula is C17H25ClN2O4. The lowest BCUT2D eigenvalue weighted by molar-refractivity contribution is -0.116. The molecule has 1 aliphatic carbocycles. The first-order chi connectivity index (χ1) is 11.1. The highest BCUT2D eigenvalue weighted by atomic mass is 35.5. The zero-order valence-corrected chi connectivity index (χ0v) is 14.7. The fourth-order valence-corrected chi connectivity index (χ4v) is 2.81. The molecule has 7 heteroatoms. The van der Waals surface area contributed by atoms with E-state index in [1.165, 1.54) is 51.3 Å². The number of rotatable bonds is 6. The quantitative estimate of drug-likeness (QED) is 0.682. The molecule has 1 fully saturated rings. The van der Waals surface area contributed by atoms with Crippen molar-refractivity contribution in [1.29, 1.82) is 0 Å². The van der Waals surface area contributed by atoms with E-state index in [0.29, 0.717) is 24.7 Å². The molecule has 2 rings (SSSR count). The second-order valence-electron chi connectivity index (χ2n) is 5.81. The molecule has 0 aromatic heterocycles. The summed E-state index contributed by atoms with van der Waals surface area (Å²) in [5.74, 6) is -0.953. The summed E-state index contributed by atoms with van der Waals surface area (Å²) >= 11 is 0. The lowest BCUT2D eigenvalue weighted by Gasteiger charge is -2.22. The summed E-state index contributed by atoms with van der Waals surface area (Å²) < 4.78 is 4.55. The molecule has 3 N–H and O–H groups in total. The second kappa shape index (κ2) is 10.2. The predicted octanol–water partition coefficient (Wildman–Crippen LogP) is 2.85. The van der Waals surface area contributed by atoms with Gasteiger partial charge in [0.15, 0.2) is 0 Å². The fraction of sp³-hybridized carbons (Fsp3) is 0.529. The minimum Gasteiger partial charge on any atom is -0.507 e. The van der Waals surface area contributed by atoms with Crippen LogP contribution in [0.2, 0.25) is 0 Å². The average molecular weight is 357 g/mol. The summed E-state index contributed by atoms with van der Waals surface area (Å²) in [5, 5.41) is 15.9. The first-order valence-corrected chi connectivity index (χ1v) is 8.04. The molecule has 134 valence electrons. The van der Waals surface area contributed by atoms with Crippen LogP contribution in [0.3, 0.4) is 0 Å². The number of esters is 1. The topological polar surface area (TPSA) is 87.7 Å². The third-order valence-corrected chi connectivity index (χ3v) is 4.08. The van der Waals surface area contributed by atoms with Crippen molar-refractivity contribution in [3.05, 3.63) is 23.8 Å². The van der Waals surface area contributed by atoms with Gasteiger partial charge in [0.1, 0.15) is 11.3 Å². The van der Waals surface area contributed by atoms with Crippen molar-refractivity contribution in [1.82, 2.24) is 5.32 Å². The number of halogens is 1. The van der Waals surface area contributed by atoms with Crippen LogP contribution in [0.4, 0.5) is 5.69 Å². The van der Waals surface area contributed by atoms with Crippen molar-refractivity contribution in [3.8, 4) is 5.75 Å². The van der Waals surface area contributed by atoms with E-state index in [-0.39, 0.29) is 29.6 Å². The summed E-state index contributed by atoms with van der Waals surface area (Å²) in [4.78, 5) is 23.3. The standard InChI is InChI=1S/C17H24N2O4.ClH/c1-23-17(22)14-8-7-13(11-15(14)20)19-16(21)9-10-18-12-5-3-2-4-6-12;/h7-8,11-12,18,20H,2-6,9-10H2,1H3,(H,19,21);1H.